The SMILES string of the molecule is CNCC1CCCN1C(=O)/C=C/c1ccc(C(N)=O)cc1. The molecular formula is C16H21N3O2. The van der Waals surface area contributed by atoms with Crippen LogP contribution >= 0.6 is 0 Å². The van der Waals surface area contributed by atoms with Gasteiger partial charge in [0.25, 0.3) is 0 Å². The van der Waals surface area contributed by atoms with E-state index in [1.54, 1.807) is 36.4 Å². The van der Waals surface area contributed by atoms with E-state index >= 15 is 0 Å². The van der Waals surface area contributed by atoms with Crippen LogP contribution in [0.3, 0.4) is 0 Å². The normalized spacial score (nSPS) is 18.3. The standard InChI is InChI=1S/C16H21N3O2/c1-18-11-14-3-2-10-19(14)15(20)9-6-12-4-7-13(8-5-12)16(17)21/h4-9,14,18H,2-3,10-11H2,1H3,(H2,17,21)/b9-6+. The number of primary amides is 1. The molecule has 1 atom stereocenters. The van der Waals surface area contributed by atoms with E-state index in [9.17, 15) is 9.59 Å². The van der Waals surface area contributed by atoms with Gasteiger partial charge in [-0.15, -0.1) is 0 Å². The summed E-state index contributed by atoms with van der Waals surface area (Å²) in [5.74, 6) is -0.416. The lowest BCUT2D eigenvalue weighted by Gasteiger charge is -2.23. The summed E-state index contributed by atoms with van der Waals surface area (Å²) < 4.78 is 0. The largest absolute Gasteiger partial charge is 0.366 e. The Bertz CT molecular complexity index is 537. The molecule has 1 aliphatic rings. The first-order valence-electron chi connectivity index (χ1n) is 7.15. The van der Waals surface area contributed by atoms with Crippen LogP contribution in [0.4, 0.5) is 0 Å². The molecule has 1 heterocycles. The monoisotopic (exact) mass is 287 g/mol. The van der Waals surface area contributed by atoms with Gasteiger partial charge in [-0.25, -0.2) is 0 Å². The number of likely N-dealkylation sites (tertiary alicyclic amines) is 1. The second kappa shape index (κ2) is 7.04. The molecule has 3 N–H and O–H groups in total. The maximum Gasteiger partial charge on any atom is 0.248 e. The summed E-state index contributed by atoms with van der Waals surface area (Å²) >= 11 is 0. The Hall–Kier alpha value is -2.14. The number of carbonyl (C=O) groups excluding carboxylic acids is 2. The van der Waals surface area contributed by atoms with Crippen LogP contribution in [0.15, 0.2) is 30.3 Å². The minimum absolute atomic E-state index is 0.0340. The third-order valence-electron chi connectivity index (χ3n) is 3.71. The quantitative estimate of drug-likeness (QED) is 0.794. The Labute approximate surface area is 124 Å². The molecule has 0 aliphatic carbocycles. The lowest BCUT2D eigenvalue weighted by atomic mass is 10.1. The first-order chi connectivity index (χ1) is 10.1. The van der Waals surface area contributed by atoms with Crippen molar-refractivity contribution in [2.45, 2.75) is 18.9 Å². The van der Waals surface area contributed by atoms with Crippen LogP contribution in [-0.4, -0.2) is 42.9 Å². The summed E-state index contributed by atoms with van der Waals surface area (Å²) in [7, 11) is 1.90. The number of nitrogens with zero attached hydrogens (tertiary/aromatic N) is 1. The Kier molecular flexibility index (Phi) is 5.11. The van der Waals surface area contributed by atoms with Crippen molar-refractivity contribution in [1.82, 2.24) is 10.2 Å². The Morgan fingerprint density at radius 1 is 1.38 bits per heavy atom. The van der Waals surface area contributed by atoms with Gasteiger partial charge in [0.2, 0.25) is 11.8 Å². The number of nitrogens with one attached hydrogen (secondary N) is 1. The Morgan fingerprint density at radius 3 is 2.71 bits per heavy atom. The first kappa shape index (κ1) is 15.3. The van der Waals surface area contributed by atoms with Crippen molar-refractivity contribution >= 4 is 17.9 Å². The van der Waals surface area contributed by atoms with Crippen molar-refractivity contribution in [3.63, 3.8) is 0 Å². The number of rotatable bonds is 5. The van der Waals surface area contributed by atoms with Gasteiger partial charge in [0.15, 0.2) is 0 Å². The molecule has 0 radical (unpaired) electrons. The second-order valence-corrected chi connectivity index (χ2v) is 5.20. The van der Waals surface area contributed by atoms with E-state index < -0.39 is 5.91 Å². The molecule has 1 aromatic carbocycles. The van der Waals surface area contributed by atoms with Crippen LogP contribution in [-0.2, 0) is 4.79 Å². The number of amides is 2. The van der Waals surface area contributed by atoms with E-state index in [1.165, 1.54) is 0 Å². The number of benzene rings is 1. The van der Waals surface area contributed by atoms with Crippen LogP contribution in [0.1, 0.15) is 28.8 Å². The van der Waals surface area contributed by atoms with Gasteiger partial charge in [0, 0.05) is 30.8 Å². The molecule has 0 spiro atoms. The molecule has 0 bridgehead atoms. The fourth-order valence-corrected chi connectivity index (χ4v) is 2.60. The maximum absolute atomic E-state index is 12.2. The van der Waals surface area contributed by atoms with Crippen LogP contribution in [0, 0.1) is 0 Å². The van der Waals surface area contributed by atoms with E-state index in [2.05, 4.69) is 5.32 Å². The minimum Gasteiger partial charge on any atom is -0.366 e. The zero-order valence-electron chi connectivity index (χ0n) is 12.2. The van der Waals surface area contributed by atoms with Crippen LogP contribution < -0.4 is 11.1 Å². The maximum atomic E-state index is 12.2. The summed E-state index contributed by atoms with van der Waals surface area (Å²) in [6.45, 7) is 1.64. The van der Waals surface area contributed by atoms with Gasteiger partial charge in [-0.1, -0.05) is 12.1 Å². The zero-order chi connectivity index (χ0) is 15.2. The second-order valence-electron chi connectivity index (χ2n) is 5.20. The molecule has 0 saturated carbocycles. The van der Waals surface area contributed by atoms with Crippen molar-refractivity contribution in [1.29, 1.82) is 0 Å². The van der Waals surface area contributed by atoms with Crippen LogP contribution in [0.5, 0.6) is 0 Å². The average Bonchev–Trinajstić information content (AvgIpc) is 2.94. The summed E-state index contributed by atoms with van der Waals surface area (Å²) in [5, 5.41) is 3.12. The molecule has 2 rings (SSSR count). The molecule has 5 heteroatoms. The Balaban J connectivity index is 1.99. The number of hydrogen-bond acceptors (Lipinski definition) is 3. The third-order valence-corrected chi connectivity index (χ3v) is 3.71. The van der Waals surface area contributed by atoms with Gasteiger partial charge >= 0.3 is 0 Å². The predicted octanol–water partition coefficient (Wildman–Crippen LogP) is 1.01. The van der Waals surface area contributed by atoms with E-state index in [0.29, 0.717) is 5.56 Å². The molecule has 112 valence electrons. The number of hydrogen-bond donors (Lipinski definition) is 2. The first-order valence-corrected chi connectivity index (χ1v) is 7.15. The molecule has 1 unspecified atom stereocenters. The molecular weight excluding hydrogens is 266 g/mol. The summed E-state index contributed by atoms with van der Waals surface area (Å²) in [6.07, 6.45) is 5.46. The van der Waals surface area contributed by atoms with Crippen molar-refractivity contribution in [3.8, 4) is 0 Å². The van der Waals surface area contributed by atoms with Crippen molar-refractivity contribution in [2.24, 2.45) is 5.73 Å². The topological polar surface area (TPSA) is 75.4 Å². The van der Waals surface area contributed by atoms with E-state index in [0.717, 1.165) is 31.5 Å². The van der Waals surface area contributed by atoms with Crippen molar-refractivity contribution < 1.29 is 9.59 Å². The average molecular weight is 287 g/mol. The zero-order valence-corrected chi connectivity index (χ0v) is 12.2. The smallest absolute Gasteiger partial charge is 0.248 e. The summed E-state index contributed by atoms with van der Waals surface area (Å²) in [5.41, 5.74) is 6.53. The van der Waals surface area contributed by atoms with Gasteiger partial charge in [-0.05, 0) is 43.7 Å². The van der Waals surface area contributed by atoms with E-state index in [4.69, 9.17) is 5.73 Å². The highest BCUT2D eigenvalue weighted by Crippen LogP contribution is 2.17. The molecule has 0 aromatic heterocycles. The van der Waals surface area contributed by atoms with Crippen LogP contribution in [0.25, 0.3) is 6.08 Å². The highest BCUT2D eigenvalue weighted by Gasteiger charge is 2.26. The van der Waals surface area contributed by atoms with Gasteiger partial charge in [-0.3, -0.25) is 9.59 Å². The summed E-state index contributed by atoms with van der Waals surface area (Å²) in [4.78, 5) is 25.1. The summed E-state index contributed by atoms with van der Waals surface area (Å²) in [6, 6.07) is 7.15. The van der Waals surface area contributed by atoms with Gasteiger partial charge in [-0.2, -0.15) is 0 Å². The highest BCUT2D eigenvalue weighted by molar-refractivity contribution is 5.94. The van der Waals surface area contributed by atoms with E-state index in [1.807, 2.05) is 11.9 Å². The van der Waals surface area contributed by atoms with E-state index in [-0.39, 0.29) is 11.9 Å². The van der Waals surface area contributed by atoms with Crippen molar-refractivity contribution in [3.05, 3.63) is 41.5 Å². The molecule has 1 aromatic rings. The third kappa shape index (κ3) is 3.92. The molecule has 2 amide bonds. The molecule has 5 nitrogen and oxygen atoms in total. The lowest BCUT2D eigenvalue weighted by molar-refractivity contribution is -0.126. The molecule has 1 fully saturated rings. The van der Waals surface area contributed by atoms with Crippen molar-refractivity contribution in [2.75, 3.05) is 20.1 Å². The minimum atomic E-state index is -0.450. The van der Waals surface area contributed by atoms with Gasteiger partial charge in [0.05, 0.1) is 0 Å². The lowest BCUT2D eigenvalue weighted by Crippen LogP contribution is -2.39. The Morgan fingerprint density at radius 2 is 2.10 bits per heavy atom. The highest BCUT2D eigenvalue weighted by atomic mass is 16.2. The predicted molar refractivity (Wildman–Crippen MR) is 82.7 cm³/mol. The van der Waals surface area contributed by atoms with Crippen LogP contribution in [0.2, 0.25) is 0 Å². The van der Waals surface area contributed by atoms with Gasteiger partial charge < -0.3 is 16.0 Å². The number of carbonyl (C=O) groups is 2. The number of nitrogens with two attached hydrogens (primary N) is 1. The van der Waals surface area contributed by atoms with Gasteiger partial charge in [0.1, 0.15) is 0 Å². The fraction of sp³-hybridized carbons (Fsp3) is 0.375. The number of likely N-dealkylation sites (N-methyl/N-ethyl adjacent to an activating group) is 1. The molecule has 1 aliphatic heterocycles. The molecule has 1 saturated heterocycles. The molecule has 21 heavy (non-hydrogen) atoms. The fourth-order valence-electron chi connectivity index (χ4n) is 2.60.